The fourth-order valence-electron chi connectivity index (χ4n) is 2.23. The Morgan fingerprint density at radius 3 is 2.06 bits per heavy atom. The SMILES string of the molecule is O=S1(=O)CCCN1CCCCCCCCCS. The highest BCUT2D eigenvalue weighted by molar-refractivity contribution is 7.89. The van der Waals surface area contributed by atoms with Crippen molar-refractivity contribution < 1.29 is 8.42 Å². The molecule has 0 N–H and O–H groups in total. The van der Waals surface area contributed by atoms with Gasteiger partial charge in [-0.25, -0.2) is 12.7 Å². The molecule has 0 aromatic heterocycles. The molecular weight excluding hydrogens is 254 g/mol. The Morgan fingerprint density at radius 1 is 0.941 bits per heavy atom. The van der Waals surface area contributed by atoms with Crippen LogP contribution < -0.4 is 0 Å². The number of hydrogen-bond donors (Lipinski definition) is 1. The first kappa shape index (κ1) is 15.3. The Labute approximate surface area is 111 Å². The fourth-order valence-corrected chi connectivity index (χ4v) is 4.02. The van der Waals surface area contributed by atoms with Crippen LogP contribution in [0.3, 0.4) is 0 Å². The Kier molecular flexibility index (Phi) is 7.55. The summed E-state index contributed by atoms with van der Waals surface area (Å²) in [6.45, 7) is 1.48. The average Bonchev–Trinajstić information content (AvgIpc) is 2.62. The van der Waals surface area contributed by atoms with Crippen LogP contribution in [0.5, 0.6) is 0 Å². The minimum absolute atomic E-state index is 0.358. The van der Waals surface area contributed by atoms with Crippen molar-refractivity contribution in [2.24, 2.45) is 0 Å². The van der Waals surface area contributed by atoms with Crippen LogP contribution in [-0.4, -0.2) is 37.3 Å². The van der Waals surface area contributed by atoms with Crippen LogP contribution in [0.15, 0.2) is 0 Å². The lowest BCUT2D eigenvalue weighted by Crippen LogP contribution is -2.26. The summed E-state index contributed by atoms with van der Waals surface area (Å²) >= 11 is 4.18. The van der Waals surface area contributed by atoms with Crippen LogP contribution in [0.4, 0.5) is 0 Å². The largest absolute Gasteiger partial charge is 0.214 e. The molecule has 0 aromatic carbocycles. The Balaban J connectivity index is 1.94. The second-order valence-electron chi connectivity index (χ2n) is 4.77. The van der Waals surface area contributed by atoms with Crippen molar-refractivity contribution >= 4 is 22.7 Å². The van der Waals surface area contributed by atoms with E-state index in [1.54, 1.807) is 4.31 Å². The van der Waals surface area contributed by atoms with Gasteiger partial charge >= 0.3 is 0 Å². The van der Waals surface area contributed by atoms with Gasteiger partial charge in [-0.05, 0) is 25.0 Å². The predicted molar refractivity (Wildman–Crippen MR) is 76.1 cm³/mol. The van der Waals surface area contributed by atoms with E-state index in [2.05, 4.69) is 12.6 Å². The van der Waals surface area contributed by atoms with Gasteiger partial charge in [0.2, 0.25) is 10.0 Å². The Hall–Kier alpha value is 0.260. The van der Waals surface area contributed by atoms with Gasteiger partial charge in [-0.1, -0.05) is 32.1 Å². The lowest BCUT2D eigenvalue weighted by atomic mass is 10.1. The van der Waals surface area contributed by atoms with Gasteiger partial charge in [0.1, 0.15) is 0 Å². The summed E-state index contributed by atoms with van der Waals surface area (Å²) in [4.78, 5) is 0. The molecule has 102 valence electrons. The number of unbranched alkanes of at least 4 members (excludes halogenated alkanes) is 6. The summed E-state index contributed by atoms with van der Waals surface area (Å²) in [7, 11) is -2.87. The molecule has 0 spiro atoms. The maximum absolute atomic E-state index is 11.5. The number of nitrogens with zero attached hydrogens (tertiary/aromatic N) is 1. The first-order chi connectivity index (χ1) is 8.17. The van der Waals surface area contributed by atoms with Gasteiger partial charge in [0.05, 0.1) is 5.75 Å². The zero-order valence-electron chi connectivity index (χ0n) is 10.6. The van der Waals surface area contributed by atoms with E-state index in [-0.39, 0.29) is 0 Å². The molecule has 1 rings (SSSR count). The maximum atomic E-state index is 11.5. The molecule has 1 fully saturated rings. The fraction of sp³-hybridized carbons (Fsp3) is 1.00. The molecule has 3 nitrogen and oxygen atoms in total. The average molecular weight is 279 g/mol. The highest BCUT2D eigenvalue weighted by Crippen LogP contribution is 2.15. The van der Waals surface area contributed by atoms with Crippen LogP contribution in [0.2, 0.25) is 0 Å². The molecule has 0 atom stereocenters. The van der Waals surface area contributed by atoms with Crippen LogP contribution in [0.25, 0.3) is 0 Å². The van der Waals surface area contributed by atoms with Crippen molar-refractivity contribution in [3.63, 3.8) is 0 Å². The Morgan fingerprint density at radius 2 is 1.53 bits per heavy atom. The third-order valence-electron chi connectivity index (χ3n) is 3.27. The molecule has 0 aliphatic carbocycles. The van der Waals surface area contributed by atoms with Crippen molar-refractivity contribution in [2.75, 3.05) is 24.6 Å². The number of hydrogen-bond acceptors (Lipinski definition) is 3. The molecule has 1 aliphatic rings. The molecule has 1 heterocycles. The van der Waals surface area contributed by atoms with E-state index in [1.807, 2.05) is 0 Å². The highest BCUT2D eigenvalue weighted by atomic mass is 32.2. The van der Waals surface area contributed by atoms with Gasteiger partial charge in [-0.15, -0.1) is 0 Å². The number of sulfonamides is 1. The Bertz CT molecular complexity index is 291. The topological polar surface area (TPSA) is 37.4 Å². The van der Waals surface area contributed by atoms with E-state index in [0.29, 0.717) is 5.75 Å². The van der Waals surface area contributed by atoms with E-state index in [9.17, 15) is 8.42 Å². The van der Waals surface area contributed by atoms with Gasteiger partial charge in [-0.3, -0.25) is 0 Å². The predicted octanol–water partition coefficient (Wildman–Crippen LogP) is 2.68. The summed E-state index contributed by atoms with van der Waals surface area (Å²) in [6, 6.07) is 0. The summed E-state index contributed by atoms with van der Waals surface area (Å²) in [5.41, 5.74) is 0. The van der Waals surface area contributed by atoms with Crippen LogP contribution in [-0.2, 0) is 10.0 Å². The standard InChI is InChI=1S/C12H25NO2S2/c14-17(15)12-8-10-13(17)9-6-4-2-1-3-5-7-11-16/h16H,1-12H2. The summed E-state index contributed by atoms with van der Waals surface area (Å²) in [6.07, 6.45) is 9.30. The summed E-state index contributed by atoms with van der Waals surface area (Å²) in [5.74, 6) is 1.35. The molecule has 0 bridgehead atoms. The molecule has 0 radical (unpaired) electrons. The molecule has 17 heavy (non-hydrogen) atoms. The zero-order valence-corrected chi connectivity index (χ0v) is 12.3. The smallest absolute Gasteiger partial charge is 0.212 e. The van der Waals surface area contributed by atoms with Crippen molar-refractivity contribution in [3.8, 4) is 0 Å². The third kappa shape index (κ3) is 6.11. The van der Waals surface area contributed by atoms with Gasteiger partial charge in [-0.2, -0.15) is 12.6 Å². The van der Waals surface area contributed by atoms with E-state index in [4.69, 9.17) is 0 Å². The third-order valence-corrected chi connectivity index (χ3v) is 5.54. The first-order valence-corrected chi connectivity index (χ1v) is 8.99. The van der Waals surface area contributed by atoms with E-state index in [1.165, 1.54) is 32.1 Å². The second-order valence-corrected chi connectivity index (χ2v) is 7.30. The molecule has 0 amide bonds. The van der Waals surface area contributed by atoms with Crippen molar-refractivity contribution in [1.29, 1.82) is 0 Å². The summed E-state index contributed by atoms with van der Waals surface area (Å²) < 4.78 is 24.7. The van der Waals surface area contributed by atoms with Gasteiger partial charge in [0.15, 0.2) is 0 Å². The van der Waals surface area contributed by atoms with Crippen LogP contribution >= 0.6 is 12.6 Å². The maximum Gasteiger partial charge on any atom is 0.214 e. The molecular formula is C12H25NO2S2. The highest BCUT2D eigenvalue weighted by Gasteiger charge is 2.26. The minimum atomic E-state index is -2.87. The van der Waals surface area contributed by atoms with Crippen molar-refractivity contribution in [1.82, 2.24) is 4.31 Å². The lowest BCUT2D eigenvalue weighted by Gasteiger charge is -2.13. The monoisotopic (exact) mass is 279 g/mol. The molecule has 0 saturated carbocycles. The number of thiol groups is 1. The van der Waals surface area contributed by atoms with Gasteiger partial charge < -0.3 is 0 Å². The zero-order chi connectivity index (χ0) is 12.6. The summed E-state index contributed by atoms with van der Waals surface area (Å²) in [5, 5.41) is 0. The lowest BCUT2D eigenvalue weighted by molar-refractivity contribution is 0.424. The van der Waals surface area contributed by atoms with E-state index >= 15 is 0 Å². The number of rotatable bonds is 9. The molecule has 1 aliphatic heterocycles. The van der Waals surface area contributed by atoms with Crippen molar-refractivity contribution in [3.05, 3.63) is 0 Å². The first-order valence-electron chi connectivity index (χ1n) is 6.75. The second kappa shape index (κ2) is 8.38. The molecule has 1 saturated heterocycles. The van der Waals surface area contributed by atoms with Gasteiger partial charge in [0.25, 0.3) is 0 Å². The van der Waals surface area contributed by atoms with E-state index in [0.717, 1.165) is 38.1 Å². The minimum Gasteiger partial charge on any atom is -0.212 e. The van der Waals surface area contributed by atoms with Gasteiger partial charge in [0, 0.05) is 13.1 Å². The van der Waals surface area contributed by atoms with Crippen molar-refractivity contribution in [2.45, 2.75) is 51.4 Å². The quantitative estimate of drug-likeness (QED) is 0.520. The van der Waals surface area contributed by atoms with Crippen LogP contribution in [0, 0.1) is 0 Å². The normalized spacial score (nSPS) is 19.8. The molecule has 5 heteroatoms. The van der Waals surface area contributed by atoms with Crippen LogP contribution in [0.1, 0.15) is 51.4 Å². The molecule has 0 unspecified atom stereocenters. The van der Waals surface area contributed by atoms with E-state index < -0.39 is 10.0 Å². The molecule has 0 aromatic rings.